The number of carbonyl (C=O) groups excluding carboxylic acids is 2. The Kier molecular flexibility index (Phi) is 8.90. The Labute approximate surface area is 195 Å². The molecule has 0 aliphatic carbocycles. The van der Waals surface area contributed by atoms with E-state index in [1.807, 2.05) is 0 Å². The van der Waals surface area contributed by atoms with Crippen LogP contribution in [0.5, 0.6) is 5.88 Å². The number of nitrogens with one attached hydrogen (secondary N) is 2. The van der Waals surface area contributed by atoms with Crippen molar-refractivity contribution in [1.29, 1.82) is 0 Å². The number of halogens is 2. The Hall–Kier alpha value is -2.86. The summed E-state index contributed by atoms with van der Waals surface area (Å²) in [6.45, 7) is 8.05. The topological polar surface area (TPSA) is 110 Å². The zero-order valence-corrected chi connectivity index (χ0v) is 19.0. The molecule has 1 aliphatic rings. The fourth-order valence-corrected chi connectivity index (χ4v) is 4.25. The maximum absolute atomic E-state index is 14.2. The molecule has 1 saturated heterocycles. The van der Waals surface area contributed by atoms with E-state index in [1.165, 1.54) is 19.8 Å². The molecule has 0 spiro atoms. The van der Waals surface area contributed by atoms with Crippen LogP contribution in [0, 0.1) is 11.6 Å². The van der Waals surface area contributed by atoms with Crippen LogP contribution in [0.3, 0.4) is 0 Å². The quantitative estimate of drug-likeness (QED) is 0.338. The number of likely N-dealkylation sites (tertiary alicyclic amines) is 1. The molecular weight excluding hydrogens is 451 g/mol. The van der Waals surface area contributed by atoms with Crippen molar-refractivity contribution in [2.24, 2.45) is 5.73 Å². The van der Waals surface area contributed by atoms with Crippen molar-refractivity contribution in [3.8, 4) is 5.88 Å². The minimum absolute atomic E-state index is 0.0926. The summed E-state index contributed by atoms with van der Waals surface area (Å²) in [5.74, 6) is -2.73. The predicted molar refractivity (Wildman–Crippen MR) is 126 cm³/mol. The van der Waals surface area contributed by atoms with Crippen molar-refractivity contribution in [1.82, 2.24) is 14.6 Å². The SMILES string of the molecule is C=Bc1cc(F)c(COc2nsc(NC(=O)NCCCCN3CCCC3)c2C(N)=O)c(F)c1. The summed E-state index contributed by atoms with van der Waals surface area (Å²) in [6.07, 6.45) is 4.29. The van der Waals surface area contributed by atoms with Gasteiger partial charge in [0.1, 0.15) is 0 Å². The van der Waals surface area contributed by atoms with Crippen LogP contribution in [0.1, 0.15) is 41.6 Å². The van der Waals surface area contributed by atoms with Crippen LogP contribution in [0.4, 0.5) is 18.6 Å². The average molecular weight is 477 g/mol. The number of hydrogen-bond donors (Lipinski definition) is 3. The maximum atomic E-state index is 14.2. The van der Waals surface area contributed by atoms with Gasteiger partial charge in [0.05, 0.1) is 0 Å². The van der Waals surface area contributed by atoms with E-state index in [0.717, 1.165) is 56.1 Å². The summed E-state index contributed by atoms with van der Waals surface area (Å²) in [6, 6.07) is 1.73. The molecule has 2 aromatic rings. The first-order chi connectivity index (χ1) is 15.9. The van der Waals surface area contributed by atoms with Crippen molar-refractivity contribution in [3.63, 3.8) is 0 Å². The van der Waals surface area contributed by atoms with E-state index in [1.54, 1.807) is 0 Å². The van der Waals surface area contributed by atoms with Crippen molar-refractivity contribution >= 4 is 47.3 Å². The summed E-state index contributed by atoms with van der Waals surface area (Å²) in [4.78, 5) is 26.5. The standard InChI is InChI=1S/C21H26BF2N5O3S/c1-22-13-10-15(23)14(16(24)11-13)12-32-19-17(18(25)30)20(33-28-19)27-21(31)26-6-2-3-7-29-8-4-5-9-29/h10-11H,1-9,12H2,(H2,25,30)(H2,26,27,31). The molecule has 1 aromatic carbocycles. The number of aromatic nitrogens is 1. The number of hydrogen-bond acceptors (Lipinski definition) is 6. The molecule has 8 nitrogen and oxygen atoms in total. The van der Waals surface area contributed by atoms with Crippen molar-refractivity contribution in [3.05, 3.63) is 34.9 Å². The first-order valence-electron chi connectivity index (χ1n) is 10.7. The zero-order chi connectivity index (χ0) is 23.8. The molecule has 1 aromatic heterocycles. The summed E-state index contributed by atoms with van der Waals surface area (Å²) < 4.78 is 37.6. The summed E-state index contributed by atoms with van der Waals surface area (Å²) in [7, 11) is 0. The molecule has 0 radical (unpaired) electrons. The van der Waals surface area contributed by atoms with Gasteiger partial charge in [0.25, 0.3) is 0 Å². The molecule has 0 saturated carbocycles. The van der Waals surface area contributed by atoms with Crippen molar-refractivity contribution < 1.29 is 23.1 Å². The molecule has 12 heteroatoms. The Morgan fingerprint density at radius 1 is 1.24 bits per heavy atom. The summed E-state index contributed by atoms with van der Waals surface area (Å²) >= 11 is 0.788. The first kappa shape index (κ1) is 24.8. The van der Waals surface area contributed by atoms with Crippen LogP contribution >= 0.6 is 11.5 Å². The van der Waals surface area contributed by atoms with Gasteiger partial charge in [-0.25, -0.2) is 0 Å². The molecule has 3 rings (SSSR count). The van der Waals surface area contributed by atoms with Gasteiger partial charge < -0.3 is 4.90 Å². The second-order valence-corrected chi connectivity index (χ2v) is 8.42. The third-order valence-electron chi connectivity index (χ3n) is 5.27. The van der Waals surface area contributed by atoms with Crippen LogP contribution in [0.2, 0.25) is 0 Å². The molecule has 1 fully saturated rings. The van der Waals surface area contributed by atoms with Crippen molar-refractivity contribution in [2.75, 3.05) is 31.5 Å². The van der Waals surface area contributed by atoms with Crippen LogP contribution in [0.15, 0.2) is 12.1 Å². The molecule has 2 heterocycles. The van der Waals surface area contributed by atoms with Gasteiger partial charge in [-0.3, -0.25) is 0 Å². The molecule has 176 valence electrons. The number of unbranched alkanes of at least 4 members (excludes halogenated alkanes) is 1. The van der Waals surface area contributed by atoms with Crippen LogP contribution in [0.25, 0.3) is 0 Å². The van der Waals surface area contributed by atoms with Crippen LogP contribution in [-0.4, -0.2) is 60.8 Å². The Bertz CT molecular complexity index is 991. The number of primary amides is 1. The molecule has 33 heavy (non-hydrogen) atoms. The van der Waals surface area contributed by atoms with E-state index in [4.69, 9.17) is 10.5 Å². The molecule has 4 N–H and O–H groups in total. The third kappa shape index (κ3) is 6.81. The predicted octanol–water partition coefficient (Wildman–Crippen LogP) is 1.86. The normalized spacial score (nSPS) is 13.5. The van der Waals surface area contributed by atoms with Gasteiger partial charge in [0.2, 0.25) is 0 Å². The Morgan fingerprint density at radius 2 is 1.94 bits per heavy atom. The van der Waals surface area contributed by atoms with E-state index in [0.29, 0.717) is 6.54 Å². The average Bonchev–Trinajstić information content (AvgIpc) is 3.42. The van der Waals surface area contributed by atoms with Gasteiger partial charge in [-0.15, -0.1) is 0 Å². The van der Waals surface area contributed by atoms with Gasteiger partial charge in [-0.2, -0.15) is 0 Å². The van der Waals surface area contributed by atoms with E-state index in [2.05, 4.69) is 26.4 Å². The molecule has 3 amide bonds. The van der Waals surface area contributed by atoms with E-state index < -0.39 is 30.2 Å². The second kappa shape index (κ2) is 11.8. The zero-order valence-electron chi connectivity index (χ0n) is 18.2. The number of carbonyl (C=O) groups is 2. The van der Waals surface area contributed by atoms with Gasteiger partial charge >= 0.3 is 139 Å². The van der Waals surface area contributed by atoms with Gasteiger partial charge in [-0.1, -0.05) is 0 Å². The number of urea groups is 1. The van der Waals surface area contributed by atoms with E-state index in [9.17, 15) is 18.4 Å². The molecule has 0 bridgehead atoms. The number of benzene rings is 1. The number of nitrogens with two attached hydrogens (primary N) is 1. The number of amides is 3. The number of anilines is 1. The van der Waals surface area contributed by atoms with Crippen molar-refractivity contribution in [2.45, 2.75) is 32.3 Å². The Balaban J connectivity index is 1.54. The minimum atomic E-state index is -0.886. The number of nitrogens with zero attached hydrogens (tertiary/aromatic N) is 2. The fourth-order valence-electron chi connectivity index (χ4n) is 3.51. The molecule has 0 unspecified atom stereocenters. The van der Waals surface area contributed by atoms with Gasteiger partial charge in [-0.05, 0) is 45.3 Å². The summed E-state index contributed by atoms with van der Waals surface area (Å²) in [5.41, 5.74) is 5.21. The molecule has 1 aliphatic heterocycles. The van der Waals surface area contributed by atoms with Crippen LogP contribution < -0.4 is 26.6 Å². The number of rotatable bonds is 11. The molecular formula is C21H26BF2N5O3S. The van der Waals surface area contributed by atoms with Gasteiger partial charge in [0, 0.05) is 6.54 Å². The second-order valence-electron chi connectivity index (χ2n) is 7.65. The number of ether oxygens (including phenoxy) is 1. The third-order valence-corrected chi connectivity index (χ3v) is 6.02. The monoisotopic (exact) mass is 477 g/mol. The Morgan fingerprint density at radius 3 is 2.58 bits per heavy atom. The molecule has 0 atom stereocenters. The summed E-state index contributed by atoms with van der Waals surface area (Å²) in [5, 5.41) is 5.35. The first-order valence-corrected chi connectivity index (χ1v) is 11.5. The fraction of sp³-hybridized carbons (Fsp3) is 0.429. The van der Waals surface area contributed by atoms with E-state index >= 15 is 0 Å². The van der Waals surface area contributed by atoms with E-state index in [-0.39, 0.29) is 27.5 Å². The van der Waals surface area contributed by atoms with Crippen LogP contribution in [-0.2, 0) is 6.61 Å². The van der Waals surface area contributed by atoms with Gasteiger partial charge in [0.15, 0.2) is 0 Å².